The van der Waals surface area contributed by atoms with Crippen LogP contribution < -0.4 is 5.32 Å². The van der Waals surface area contributed by atoms with E-state index in [2.05, 4.69) is 54.5 Å². The fraction of sp³-hybridized carbons (Fsp3) is 0.333. The van der Waals surface area contributed by atoms with Gasteiger partial charge in [-0.1, -0.05) is 17.7 Å². The Morgan fingerprint density at radius 2 is 1.44 bits per heavy atom. The molecule has 0 aliphatic carbocycles. The maximum atomic E-state index is 4.32. The summed E-state index contributed by atoms with van der Waals surface area (Å²) in [5, 5.41) is 11.6. The minimum Gasteiger partial charge on any atom is -0.371 e. The molecule has 0 fully saturated rings. The Bertz CT molecular complexity index is 565. The first-order chi connectivity index (χ1) is 8.52. The lowest BCUT2D eigenvalue weighted by Crippen LogP contribution is -2.00. The molecule has 0 bridgehead atoms. The van der Waals surface area contributed by atoms with Crippen molar-refractivity contribution in [1.82, 2.24) is 10.2 Å². The molecule has 0 saturated heterocycles. The Balaban J connectivity index is 2.59. The number of rotatable bonds is 2. The first-order valence-corrected chi connectivity index (χ1v) is 6.13. The van der Waals surface area contributed by atoms with Gasteiger partial charge in [0.05, 0.1) is 5.69 Å². The van der Waals surface area contributed by atoms with Gasteiger partial charge in [0.25, 0.3) is 0 Å². The van der Waals surface area contributed by atoms with E-state index in [1.807, 2.05) is 14.0 Å². The number of aryl methyl sites for hydroxylation is 4. The molecule has 0 atom stereocenters. The van der Waals surface area contributed by atoms with Crippen molar-refractivity contribution in [2.75, 3.05) is 12.4 Å². The quantitative estimate of drug-likeness (QED) is 0.875. The number of hydrogen-bond acceptors (Lipinski definition) is 3. The van der Waals surface area contributed by atoms with E-state index in [1.54, 1.807) is 0 Å². The Morgan fingerprint density at radius 1 is 0.833 bits per heavy atom. The molecular weight excluding hydrogens is 222 g/mol. The van der Waals surface area contributed by atoms with Crippen LogP contribution in [0.5, 0.6) is 0 Å². The van der Waals surface area contributed by atoms with Crippen molar-refractivity contribution >= 4 is 5.82 Å². The largest absolute Gasteiger partial charge is 0.371 e. The van der Waals surface area contributed by atoms with Gasteiger partial charge in [0, 0.05) is 12.6 Å². The summed E-state index contributed by atoms with van der Waals surface area (Å²) in [5.74, 6) is 0.834. The molecule has 0 spiro atoms. The van der Waals surface area contributed by atoms with E-state index in [0.29, 0.717) is 0 Å². The van der Waals surface area contributed by atoms with Gasteiger partial charge in [-0.3, -0.25) is 0 Å². The summed E-state index contributed by atoms with van der Waals surface area (Å²) in [7, 11) is 1.86. The average Bonchev–Trinajstić information content (AvgIpc) is 2.27. The highest BCUT2D eigenvalue weighted by atomic mass is 15.2. The second-order valence-corrected chi connectivity index (χ2v) is 4.78. The average molecular weight is 241 g/mol. The molecule has 94 valence electrons. The summed E-state index contributed by atoms with van der Waals surface area (Å²) in [6.45, 7) is 8.41. The minimum absolute atomic E-state index is 0.834. The van der Waals surface area contributed by atoms with Crippen LogP contribution in [-0.2, 0) is 0 Å². The molecule has 1 aromatic heterocycles. The number of benzene rings is 1. The van der Waals surface area contributed by atoms with Crippen LogP contribution in [0.3, 0.4) is 0 Å². The maximum absolute atomic E-state index is 4.32. The van der Waals surface area contributed by atoms with Crippen LogP contribution in [0.25, 0.3) is 11.3 Å². The molecule has 0 saturated carbocycles. The summed E-state index contributed by atoms with van der Waals surface area (Å²) < 4.78 is 0. The maximum Gasteiger partial charge on any atom is 0.151 e. The number of hydrogen-bond donors (Lipinski definition) is 1. The van der Waals surface area contributed by atoms with E-state index >= 15 is 0 Å². The predicted octanol–water partition coefficient (Wildman–Crippen LogP) is 3.42. The molecule has 1 heterocycles. The molecular formula is C15H19N3. The molecule has 0 unspecified atom stereocenters. The second kappa shape index (κ2) is 4.77. The molecule has 1 aromatic carbocycles. The summed E-state index contributed by atoms with van der Waals surface area (Å²) >= 11 is 0. The van der Waals surface area contributed by atoms with Gasteiger partial charge in [-0.25, -0.2) is 0 Å². The van der Waals surface area contributed by atoms with Crippen LogP contribution in [0.15, 0.2) is 18.2 Å². The van der Waals surface area contributed by atoms with Gasteiger partial charge in [0.1, 0.15) is 0 Å². The molecule has 18 heavy (non-hydrogen) atoms. The Morgan fingerprint density at radius 3 is 1.94 bits per heavy atom. The normalized spacial score (nSPS) is 10.5. The second-order valence-electron chi connectivity index (χ2n) is 4.78. The zero-order chi connectivity index (χ0) is 13.3. The standard InChI is InChI=1S/C15H19N3/c1-9-6-10(2)14(11(3)7-9)13-8-12(4)15(16-5)18-17-13/h6-8H,1-5H3,(H,16,18). The number of aromatic nitrogens is 2. The molecule has 3 nitrogen and oxygen atoms in total. The summed E-state index contributed by atoms with van der Waals surface area (Å²) in [5.41, 5.74) is 7.03. The van der Waals surface area contributed by atoms with Crippen molar-refractivity contribution in [3.63, 3.8) is 0 Å². The zero-order valence-electron chi connectivity index (χ0n) is 11.6. The van der Waals surface area contributed by atoms with Gasteiger partial charge in [0.2, 0.25) is 0 Å². The van der Waals surface area contributed by atoms with Crippen LogP contribution in [0.1, 0.15) is 22.3 Å². The monoisotopic (exact) mass is 241 g/mol. The van der Waals surface area contributed by atoms with Crippen molar-refractivity contribution in [2.24, 2.45) is 0 Å². The van der Waals surface area contributed by atoms with E-state index in [-0.39, 0.29) is 0 Å². The Hall–Kier alpha value is -1.90. The topological polar surface area (TPSA) is 37.8 Å². The predicted molar refractivity (Wildman–Crippen MR) is 76.0 cm³/mol. The first kappa shape index (κ1) is 12.6. The lowest BCUT2D eigenvalue weighted by atomic mass is 9.97. The Labute approximate surface area is 108 Å². The first-order valence-electron chi connectivity index (χ1n) is 6.13. The highest BCUT2D eigenvalue weighted by molar-refractivity contribution is 5.69. The van der Waals surface area contributed by atoms with E-state index in [4.69, 9.17) is 0 Å². The highest BCUT2D eigenvalue weighted by Crippen LogP contribution is 2.27. The van der Waals surface area contributed by atoms with Crippen molar-refractivity contribution in [1.29, 1.82) is 0 Å². The van der Waals surface area contributed by atoms with Gasteiger partial charge in [0.15, 0.2) is 5.82 Å². The zero-order valence-corrected chi connectivity index (χ0v) is 11.6. The van der Waals surface area contributed by atoms with Gasteiger partial charge < -0.3 is 5.32 Å². The van der Waals surface area contributed by atoms with Crippen molar-refractivity contribution in [3.05, 3.63) is 40.5 Å². The van der Waals surface area contributed by atoms with Crippen LogP contribution in [-0.4, -0.2) is 17.2 Å². The third-order valence-corrected chi connectivity index (χ3v) is 3.15. The van der Waals surface area contributed by atoms with Crippen molar-refractivity contribution < 1.29 is 0 Å². The highest BCUT2D eigenvalue weighted by Gasteiger charge is 2.10. The van der Waals surface area contributed by atoms with Crippen LogP contribution in [0, 0.1) is 27.7 Å². The summed E-state index contributed by atoms with van der Waals surface area (Å²) in [6.07, 6.45) is 0. The van der Waals surface area contributed by atoms with E-state index < -0.39 is 0 Å². The fourth-order valence-electron chi connectivity index (χ4n) is 2.44. The van der Waals surface area contributed by atoms with E-state index in [1.165, 1.54) is 22.3 Å². The van der Waals surface area contributed by atoms with Crippen molar-refractivity contribution in [2.45, 2.75) is 27.7 Å². The minimum atomic E-state index is 0.834. The molecule has 2 aromatic rings. The smallest absolute Gasteiger partial charge is 0.151 e. The third kappa shape index (κ3) is 2.21. The summed E-state index contributed by atoms with van der Waals surface area (Å²) in [4.78, 5) is 0. The SMILES string of the molecule is CNc1nnc(-c2c(C)cc(C)cc2C)cc1C. The van der Waals surface area contributed by atoms with Crippen LogP contribution in [0.2, 0.25) is 0 Å². The molecule has 0 aliphatic heterocycles. The number of nitrogens with zero attached hydrogens (tertiary/aromatic N) is 2. The molecule has 2 rings (SSSR count). The lowest BCUT2D eigenvalue weighted by Gasteiger charge is -2.12. The number of anilines is 1. The van der Waals surface area contributed by atoms with E-state index in [9.17, 15) is 0 Å². The molecule has 0 radical (unpaired) electrons. The summed E-state index contributed by atoms with van der Waals surface area (Å²) in [6, 6.07) is 6.46. The third-order valence-electron chi connectivity index (χ3n) is 3.15. The van der Waals surface area contributed by atoms with Crippen LogP contribution >= 0.6 is 0 Å². The molecule has 0 amide bonds. The van der Waals surface area contributed by atoms with Crippen molar-refractivity contribution in [3.8, 4) is 11.3 Å². The van der Waals surface area contributed by atoms with Gasteiger partial charge in [-0.15, -0.1) is 10.2 Å². The Kier molecular flexibility index (Phi) is 3.32. The van der Waals surface area contributed by atoms with Gasteiger partial charge in [-0.2, -0.15) is 0 Å². The number of nitrogens with one attached hydrogen (secondary N) is 1. The molecule has 0 aliphatic rings. The molecule has 1 N–H and O–H groups in total. The van der Waals surface area contributed by atoms with Crippen LogP contribution in [0.4, 0.5) is 5.82 Å². The fourth-order valence-corrected chi connectivity index (χ4v) is 2.44. The molecule has 3 heteroatoms. The van der Waals surface area contributed by atoms with Gasteiger partial charge in [-0.05, 0) is 50.5 Å². The van der Waals surface area contributed by atoms with Gasteiger partial charge >= 0.3 is 0 Å². The lowest BCUT2D eigenvalue weighted by molar-refractivity contribution is 1.02. The van der Waals surface area contributed by atoms with E-state index in [0.717, 1.165) is 17.1 Å².